The van der Waals surface area contributed by atoms with Gasteiger partial charge in [-0.3, -0.25) is 4.79 Å². The molecule has 5 heteroatoms. The molecule has 0 atom stereocenters. The molecule has 1 saturated heterocycles. The van der Waals surface area contributed by atoms with Crippen molar-refractivity contribution in [3.8, 4) is 0 Å². The van der Waals surface area contributed by atoms with E-state index in [1.54, 1.807) is 11.8 Å². The quantitative estimate of drug-likeness (QED) is 0.779. The lowest BCUT2D eigenvalue weighted by molar-refractivity contribution is -0.178. The fourth-order valence-electron chi connectivity index (χ4n) is 3.20. The van der Waals surface area contributed by atoms with E-state index >= 15 is 0 Å². The number of nitrogens with zero attached hydrogens (tertiary/aromatic N) is 1. The SMILES string of the molecule is CC(C)(C)OC(=O)N1CC2(C1)CC(C)(C(=O)O)C2. The lowest BCUT2D eigenvalue weighted by atomic mass is 9.50. The molecule has 2 aliphatic rings. The first-order valence-corrected chi connectivity index (χ1v) is 6.27. The van der Waals surface area contributed by atoms with Crippen LogP contribution in [0.5, 0.6) is 0 Å². The van der Waals surface area contributed by atoms with Crippen molar-refractivity contribution >= 4 is 12.1 Å². The third-order valence-electron chi connectivity index (χ3n) is 3.75. The second-order valence-electron chi connectivity index (χ2n) is 7.06. The van der Waals surface area contributed by atoms with Gasteiger partial charge in [0, 0.05) is 18.5 Å². The van der Waals surface area contributed by atoms with Gasteiger partial charge >= 0.3 is 12.1 Å². The minimum absolute atomic E-state index is 0.0318. The first-order chi connectivity index (χ1) is 8.05. The number of carboxylic acids is 1. The number of likely N-dealkylation sites (tertiary alicyclic amines) is 1. The largest absolute Gasteiger partial charge is 0.481 e. The molecule has 1 N–H and O–H groups in total. The standard InChI is InChI=1S/C13H21NO4/c1-11(2,3)18-10(17)14-7-13(8-14)5-12(4,6-13)9(15)16/h5-8H2,1-4H3,(H,15,16). The topological polar surface area (TPSA) is 66.8 Å². The van der Waals surface area contributed by atoms with E-state index in [-0.39, 0.29) is 11.5 Å². The van der Waals surface area contributed by atoms with Crippen LogP contribution in [0.25, 0.3) is 0 Å². The van der Waals surface area contributed by atoms with Crippen molar-refractivity contribution in [1.82, 2.24) is 4.90 Å². The average molecular weight is 255 g/mol. The number of carbonyl (C=O) groups excluding carboxylic acids is 1. The summed E-state index contributed by atoms with van der Waals surface area (Å²) in [4.78, 5) is 24.4. The van der Waals surface area contributed by atoms with Crippen molar-refractivity contribution < 1.29 is 19.4 Å². The minimum Gasteiger partial charge on any atom is -0.481 e. The summed E-state index contributed by atoms with van der Waals surface area (Å²) in [5.41, 5.74) is -1.04. The molecule has 1 saturated carbocycles. The highest BCUT2D eigenvalue weighted by Gasteiger charge is 2.62. The van der Waals surface area contributed by atoms with E-state index in [4.69, 9.17) is 9.84 Å². The first-order valence-electron chi connectivity index (χ1n) is 6.27. The zero-order chi connectivity index (χ0) is 13.8. The lowest BCUT2D eigenvalue weighted by Crippen LogP contribution is -2.67. The van der Waals surface area contributed by atoms with Crippen LogP contribution >= 0.6 is 0 Å². The third kappa shape index (κ3) is 2.18. The normalized spacial score (nSPS) is 24.1. The van der Waals surface area contributed by atoms with Gasteiger partial charge in [-0.25, -0.2) is 4.79 Å². The van der Waals surface area contributed by atoms with Crippen LogP contribution in [0.1, 0.15) is 40.5 Å². The molecule has 0 unspecified atom stereocenters. The second-order valence-corrected chi connectivity index (χ2v) is 7.06. The van der Waals surface area contributed by atoms with Crippen LogP contribution in [0.2, 0.25) is 0 Å². The molecule has 0 aromatic rings. The molecule has 0 radical (unpaired) electrons. The first kappa shape index (κ1) is 13.2. The minimum atomic E-state index is -0.733. The summed E-state index contributed by atoms with van der Waals surface area (Å²) in [6.45, 7) is 8.55. The van der Waals surface area contributed by atoms with Crippen molar-refractivity contribution in [3.63, 3.8) is 0 Å². The van der Waals surface area contributed by atoms with Gasteiger partial charge in [0.2, 0.25) is 0 Å². The molecule has 0 aromatic carbocycles. The Kier molecular flexibility index (Phi) is 2.65. The van der Waals surface area contributed by atoms with Crippen LogP contribution in [0.15, 0.2) is 0 Å². The van der Waals surface area contributed by atoms with Crippen molar-refractivity contribution in [2.24, 2.45) is 10.8 Å². The molecule has 0 aromatic heterocycles. The number of ether oxygens (including phenoxy) is 1. The van der Waals surface area contributed by atoms with Crippen LogP contribution < -0.4 is 0 Å². The molecule has 1 aliphatic carbocycles. The molecular weight excluding hydrogens is 234 g/mol. The van der Waals surface area contributed by atoms with Crippen LogP contribution in [-0.2, 0) is 9.53 Å². The number of carbonyl (C=O) groups is 2. The third-order valence-corrected chi connectivity index (χ3v) is 3.75. The monoisotopic (exact) mass is 255 g/mol. The van der Waals surface area contributed by atoms with E-state index in [0.717, 1.165) is 0 Å². The summed E-state index contributed by atoms with van der Waals surface area (Å²) in [6.07, 6.45) is 1.03. The van der Waals surface area contributed by atoms with Crippen LogP contribution in [0, 0.1) is 10.8 Å². The van der Waals surface area contributed by atoms with Gasteiger partial charge in [-0.05, 0) is 40.5 Å². The summed E-state index contributed by atoms with van der Waals surface area (Å²) >= 11 is 0. The summed E-state index contributed by atoms with van der Waals surface area (Å²) in [6, 6.07) is 0. The molecular formula is C13H21NO4. The highest BCUT2D eigenvalue weighted by atomic mass is 16.6. The summed E-state index contributed by atoms with van der Waals surface area (Å²) in [5.74, 6) is -0.733. The Morgan fingerprint density at radius 1 is 1.22 bits per heavy atom. The Bertz CT molecular complexity index is 382. The molecule has 1 spiro atoms. The van der Waals surface area contributed by atoms with Crippen LogP contribution in [0.3, 0.4) is 0 Å². The number of hydrogen-bond acceptors (Lipinski definition) is 3. The zero-order valence-corrected chi connectivity index (χ0v) is 11.4. The molecule has 2 rings (SSSR count). The predicted molar refractivity (Wildman–Crippen MR) is 65.2 cm³/mol. The van der Waals surface area contributed by atoms with Crippen molar-refractivity contribution in [1.29, 1.82) is 0 Å². The van der Waals surface area contributed by atoms with Gasteiger partial charge in [0.25, 0.3) is 0 Å². The van der Waals surface area contributed by atoms with E-state index in [9.17, 15) is 9.59 Å². The number of aliphatic carboxylic acids is 1. The van der Waals surface area contributed by atoms with Crippen molar-refractivity contribution in [3.05, 3.63) is 0 Å². The summed E-state index contributed by atoms with van der Waals surface area (Å²) < 4.78 is 5.27. The Labute approximate surface area is 107 Å². The smallest absolute Gasteiger partial charge is 0.410 e. The average Bonchev–Trinajstić information content (AvgIpc) is 2.04. The fraction of sp³-hybridized carbons (Fsp3) is 0.846. The second kappa shape index (κ2) is 3.62. The van der Waals surface area contributed by atoms with E-state index in [0.29, 0.717) is 25.9 Å². The maximum atomic E-state index is 11.8. The summed E-state index contributed by atoms with van der Waals surface area (Å²) in [7, 11) is 0. The Hall–Kier alpha value is -1.26. The van der Waals surface area contributed by atoms with Gasteiger partial charge in [-0.15, -0.1) is 0 Å². The highest BCUT2D eigenvalue weighted by molar-refractivity contribution is 5.76. The molecule has 2 fully saturated rings. The Balaban J connectivity index is 1.82. The number of carboxylic acid groups (broad SMARTS) is 1. The number of rotatable bonds is 1. The van der Waals surface area contributed by atoms with Crippen molar-refractivity contribution in [2.75, 3.05) is 13.1 Å². The number of amides is 1. The fourth-order valence-corrected chi connectivity index (χ4v) is 3.20. The zero-order valence-electron chi connectivity index (χ0n) is 11.4. The Morgan fingerprint density at radius 2 is 1.72 bits per heavy atom. The molecule has 102 valence electrons. The molecule has 5 nitrogen and oxygen atoms in total. The van der Waals surface area contributed by atoms with E-state index in [1.165, 1.54) is 0 Å². The van der Waals surface area contributed by atoms with Gasteiger partial charge in [0.1, 0.15) is 5.60 Å². The van der Waals surface area contributed by atoms with Gasteiger partial charge in [-0.1, -0.05) is 0 Å². The lowest BCUT2D eigenvalue weighted by Gasteiger charge is -2.61. The molecule has 1 heterocycles. The van der Waals surface area contributed by atoms with Crippen molar-refractivity contribution in [2.45, 2.75) is 46.1 Å². The Morgan fingerprint density at radius 3 is 2.11 bits per heavy atom. The van der Waals surface area contributed by atoms with E-state index in [1.807, 2.05) is 20.8 Å². The van der Waals surface area contributed by atoms with E-state index < -0.39 is 17.0 Å². The number of hydrogen-bond donors (Lipinski definition) is 1. The van der Waals surface area contributed by atoms with Crippen LogP contribution in [0.4, 0.5) is 4.79 Å². The molecule has 18 heavy (non-hydrogen) atoms. The van der Waals surface area contributed by atoms with Crippen LogP contribution in [-0.4, -0.2) is 40.8 Å². The van der Waals surface area contributed by atoms with Gasteiger partial charge in [0.15, 0.2) is 0 Å². The maximum absolute atomic E-state index is 11.8. The molecule has 1 aliphatic heterocycles. The molecule has 0 bridgehead atoms. The highest BCUT2D eigenvalue weighted by Crippen LogP contribution is 2.59. The van der Waals surface area contributed by atoms with Gasteiger partial charge in [-0.2, -0.15) is 0 Å². The van der Waals surface area contributed by atoms with Gasteiger partial charge in [0.05, 0.1) is 5.41 Å². The predicted octanol–water partition coefficient (Wildman–Crippen LogP) is 2.11. The maximum Gasteiger partial charge on any atom is 0.410 e. The molecule has 1 amide bonds. The van der Waals surface area contributed by atoms with Gasteiger partial charge < -0.3 is 14.7 Å². The summed E-state index contributed by atoms with van der Waals surface area (Å²) in [5, 5.41) is 9.07. The van der Waals surface area contributed by atoms with E-state index in [2.05, 4.69) is 0 Å².